The van der Waals surface area contributed by atoms with Crippen LogP contribution in [0, 0.1) is 0 Å². The first-order valence-electron chi connectivity index (χ1n) is 5.49. The molecule has 88 valence electrons. The number of aliphatic hydroxyl groups is 1. The first-order chi connectivity index (χ1) is 8.18. The topological polar surface area (TPSA) is 33.1 Å². The highest BCUT2D eigenvalue weighted by atomic mass is 32.2. The Bertz CT molecular complexity index is 456. The minimum atomic E-state index is -0.810. The number of thioether (sulfide) groups is 1. The molecule has 1 N–H and O–H groups in total. The maximum atomic E-state index is 10.4. The van der Waals surface area contributed by atoms with Crippen molar-refractivity contribution in [2.45, 2.75) is 17.4 Å². The van der Waals surface area contributed by atoms with Crippen molar-refractivity contribution in [1.29, 1.82) is 0 Å². The largest absolute Gasteiger partial charge is 0.385 e. The summed E-state index contributed by atoms with van der Waals surface area (Å²) in [6.07, 6.45) is 3.53. The van der Waals surface area contributed by atoms with Gasteiger partial charge >= 0.3 is 0 Å². The first kappa shape index (κ1) is 12.1. The molecule has 1 heterocycles. The highest BCUT2D eigenvalue weighted by molar-refractivity contribution is 7.99. The summed E-state index contributed by atoms with van der Waals surface area (Å²) < 4.78 is 0. The molecule has 17 heavy (non-hydrogen) atoms. The van der Waals surface area contributed by atoms with Gasteiger partial charge in [-0.15, -0.1) is 11.8 Å². The number of rotatable bonds is 4. The average Bonchev–Trinajstić information content (AvgIpc) is 2.39. The van der Waals surface area contributed by atoms with Crippen LogP contribution >= 0.6 is 11.8 Å². The predicted octanol–water partition coefficient (Wildman–Crippen LogP) is 3.08. The predicted molar refractivity (Wildman–Crippen MR) is 71.0 cm³/mol. The van der Waals surface area contributed by atoms with Gasteiger partial charge in [-0.05, 0) is 24.6 Å². The van der Waals surface area contributed by atoms with E-state index in [2.05, 4.69) is 4.98 Å². The van der Waals surface area contributed by atoms with Gasteiger partial charge in [0.1, 0.15) is 0 Å². The molecule has 0 aliphatic rings. The molecular formula is C14H15NOS. The summed E-state index contributed by atoms with van der Waals surface area (Å²) in [5, 5.41) is 10.4. The van der Waals surface area contributed by atoms with Crippen molar-refractivity contribution in [2.24, 2.45) is 0 Å². The molecule has 0 bridgehead atoms. The Hall–Kier alpha value is -1.32. The van der Waals surface area contributed by atoms with E-state index in [1.54, 1.807) is 24.2 Å². The van der Waals surface area contributed by atoms with Crippen molar-refractivity contribution in [1.82, 2.24) is 4.98 Å². The lowest BCUT2D eigenvalue weighted by Crippen LogP contribution is -2.24. The fourth-order valence-electron chi connectivity index (χ4n) is 1.54. The second-order valence-corrected chi connectivity index (χ2v) is 5.16. The van der Waals surface area contributed by atoms with Crippen molar-refractivity contribution in [3.8, 4) is 0 Å². The quantitative estimate of drug-likeness (QED) is 0.840. The highest BCUT2D eigenvalue weighted by Crippen LogP contribution is 2.28. The number of nitrogens with zero attached hydrogens (tertiary/aromatic N) is 1. The van der Waals surface area contributed by atoms with Gasteiger partial charge in [-0.25, -0.2) is 0 Å². The van der Waals surface area contributed by atoms with Gasteiger partial charge in [0.15, 0.2) is 0 Å². The highest BCUT2D eigenvalue weighted by Gasteiger charge is 2.22. The second-order valence-electron chi connectivity index (χ2n) is 4.11. The zero-order valence-corrected chi connectivity index (χ0v) is 10.5. The van der Waals surface area contributed by atoms with E-state index in [1.165, 1.54) is 0 Å². The van der Waals surface area contributed by atoms with Gasteiger partial charge < -0.3 is 5.11 Å². The van der Waals surface area contributed by atoms with Gasteiger partial charge in [0.2, 0.25) is 0 Å². The van der Waals surface area contributed by atoms with Crippen LogP contribution in [0.25, 0.3) is 0 Å². The third-order valence-electron chi connectivity index (χ3n) is 2.57. The molecule has 1 unspecified atom stereocenters. The maximum Gasteiger partial charge on any atom is 0.0962 e. The van der Waals surface area contributed by atoms with Crippen molar-refractivity contribution in [3.63, 3.8) is 0 Å². The Morgan fingerprint density at radius 1 is 1.12 bits per heavy atom. The van der Waals surface area contributed by atoms with Crippen LogP contribution in [0.2, 0.25) is 0 Å². The van der Waals surface area contributed by atoms with Crippen LogP contribution in [0.15, 0.2) is 59.8 Å². The van der Waals surface area contributed by atoms with Gasteiger partial charge in [-0.1, -0.05) is 30.3 Å². The fraction of sp³-hybridized carbons (Fsp3) is 0.214. The summed E-state index contributed by atoms with van der Waals surface area (Å²) in [6, 6.07) is 13.6. The van der Waals surface area contributed by atoms with E-state index in [0.717, 1.165) is 10.5 Å². The van der Waals surface area contributed by atoms with Crippen LogP contribution in [0.4, 0.5) is 0 Å². The number of benzene rings is 1. The van der Waals surface area contributed by atoms with Crippen LogP contribution < -0.4 is 0 Å². The number of hydrogen-bond donors (Lipinski definition) is 1. The Kier molecular flexibility index (Phi) is 3.82. The van der Waals surface area contributed by atoms with Crippen LogP contribution in [-0.4, -0.2) is 15.8 Å². The SMILES string of the molecule is CC(O)(CSc1ccncc1)c1ccccc1. The zero-order valence-electron chi connectivity index (χ0n) is 9.71. The van der Waals surface area contributed by atoms with E-state index >= 15 is 0 Å². The minimum absolute atomic E-state index is 0.626. The third kappa shape index (κ3) is 3.32. The Morgan fingerprint density at radius 3 is 2.41 bits per heavy atom. The van der Waals surface area contributed by atoms with E-state index in [-0.39, 0.29) is 0 Å². The number of aromatic nitrogens is 1. The summed E-state index contributed by atoms with van der Waals surface area (Å²) in [5.74, 6) is 0.626. The summed E-state index contributed by atoms with van der Waals surface area (Å²) in [5.41, 5.74) is 0.136. The Labute approximate surface area is 106 Å². The Balaban J connectivity index is 2.03. The molecule has 0 amide bonds. The zero-order chi connectivity index (χ0) is 12.1. The number of hydrogen-bond acceptors (Lipinski definition) is 3. The van der Waals surface area contributed by atoms with Crippen LogP contribution in [-0.2, 0) is 5.60 Å². The fourth-order valence-corrected chi connectivity index (χ4v) is 2.47. The number of pyridine rings is 1. The summed E-state index contributed by atoms with van der Waals surface area (Å²) in [7, 11) is 0. The Morgan fingerprint density at radius 2 is 1.76 bits per heavy atom. The molecule has 1 atom stereocenters. The lowest BCUT2D eigenvalue weighted by atomic mass is 9.99. The molecule has 0 fully saturated rings. The van der Waals surface area contributed by atoms with E-state index in [0.29, 0.717) is 5.75 Å². The first-order valence-corrected chi connectivity index (χ1v) is 6.48. The standard InChI is InChI=1S/C14H15NOS/c1-14(16,12-5-3-2-4-6-12)11-17-13-7-9-15-10-8-13/h2-10,16H,11H2,1H3. The smallest absolute Gasteiger partial charge is 0.0962 e. The van der Waals surface area contributed by atoms with Gasteiger partial charge in [-0.3, -0.25) is 4.98 Å². The van der Waals surface area contributed by atoms with Gasteiger partial charge in [0, 0.05) is 23.0 Å². The maximum absolute atomic E-state index is 10.4. The van der Waals surface area contributed by atoms with Crippen LogP contribution in [0.3, 0.4) is 0 Å². The van der Waals surface area contributed by atoms with Crippen LogP contribution in [0.1, 0.15) is 12.5 Å². The van der Waals surface area contributed by atoms with E-state index in [4.69, 9.17) is 0 Å². The lowest BCUT2D eigenvalue weighted by molar-refractivity contribution is 0.0839. The molecule has 0 aliphatic carbocycles. The van der Waals surface area contributed by atoms with Crippen molar-refractivity contribution < 1.29 is 5.11 Å². The van der Waals surface area contributed by atoms with Crippen molar-refractivity contribution in [2.75, 3.05) is 5.75 Å². The molecule has 0 saturated heterocycles. The summed E-state index contributed by atoms with van der Waals surface area (Å²) in [4.78, 5) is 5.09. The van der Waals surface area contributed by atoms with Crippen molar-refractivity contribution in [3.05, 3.63) is 60.4 Å². The van der Waals surface area contributed by atoms with Gasteiger partial charge in [0.25, 0.3) is 0 Å². The van der Waals surface area contributed by atoms with Gasteiger partial charge in [-0.2, -0.15) is 0 Å². The van der Waals surface area contributed by atoms with Crippen LogP contribution in [0.5, 0.6) is 0 Å². The molecule has 2 aromatic rings. The van der Waals surface area contributed by atoms with E-state index in [1.807, 2.05) is 49.4 Å². The van der Waals surface area contributed by atoms with Crippen molar-refractivity contribution >= 4 is 11.8 Å². The molecule has 2 nitrogen and oxygen atoms in total. The normalized spacial score (nSPS) is 14.2. The second kappa shape index (κ2) is 5.34. The molecule has 3 heteroatoms. The average molecular weight is 245 g/mol. The molecule has 2 rings (SSSR count). The molecule has 1 aromatic heterocycles. The monoisotopic (exact) mass is 245 g/mol. The molecule has 0 spiro atoms. The molecule has 0 aliphatic heterocycles. The van der Waals surface area contributed by atoms with Gasteiger partial charge in [0.05, 0.1) is 5.60 Å². The minimum Gasteiger partial charge on any atom is -0.385 e. The van der Waals surface area contributed by atoms with E-state index < -0.39 is 5.60 Å². The van der Waals surface area contributed by atoms with E-state index in [9.17, 15) is 5.11 Å². The molecule has 1 aromatic carbocycles. The molecular weight excluding hydrogens is 230 g/mol. The molecule has 0 radical (unpaired) electrons. The summed E-state index contributed by atoms with van der Waals surface area (Å²) in [6.45, 7) is 1.84. The summed E-state index contributed by atoms with van der Waals surface area (Å²) >= 11 is 1.63. The molecule has 0 saturated carbocycles. The lowest BCUT2D eigenvalue weighted by Gasteiger charge is -2.23. The third-order valence-corrected chi connectivity index (χ3v) is 3.88.